The van der Waals surface area contributed by atoms with Crippen LogP contribution in [0.2, 0.25) is 10.0 Å². The van der Waals surface area contributed by atoms with Crippen LogP contribution in [0.15, 0.2) is 18.2 Å². The number of benzene rings is 1. The molecule has 0 aliphatic carbocycles. The van der Waals surface area contributed by atoms with Crippen LogP contribution >= 0.6 is 23.2 Å². The molecule has 1 aliphatic heterocycles. The average Bonchev–Trinajstić information content (AvgIpc) is 2.33. The van der Waals surface area contributed by atoms with Crippen molar-refractivity contribution in [3.05, 3.63) is 33.8 Å². The number of piperidine rings is 1. The number of rotatable bonds is 1. The van der Waals surface area contributed by atoms with Crippen LogP contribution in [0, 0.1) is 5.92 Å². The van der Waals surface area contributed by atoms with E-state index in [1.165, 1.54) is 0 Å². The molecular weight excluding hydrogens is 257 g/mol. The molecule has 1 aliphatic rings. The average molecular weight is 272 g/mol. The van der Waals surface area contributed by atoms with E-state index in [2.05, 4.69) is 6.92 Å². The van der Waals surface area contributed by atoms with Crippen molar-refractivity contribution in [1.29, 1.82) is 0 Å². The Bertz CT molecular complexity index is 425. The summed E-state index contributed by atoms with van der Waals surface area (Å²) in [7, 11) is 0. The summed E-state index contributed by atoms with van der Waals surface area (Å²) < 4.78 is 0. The molecule has 2 rings (SSSR count). The third kappa shape index (κ3) is 2.75. The van der Waals surface area contributed by atoms with E-state index in [4.69, 9.17) is 23.2 Å². The second-order valence-electron chi connectivity index (χ2n) is 4.58. The van der Waals surface area contributed by atoms with Gasteiger partial charge in [0, 0.05) is 13.1 Å². The molecule has 4 heteroatoms. The lowest BCUT2D eigenvalue weighted by molar-refractivity contribution is 0.0697. The van der Waals surface area contributed by atoms with Crippen molar-refractivity contribution in [2.75, 3.05) is 13.1 Å². The van der Waals surface area contributed by atoms with Crippen molar-refractivity contribution in [1.82, 2.24) is 4.90 Å². The van der Waals surface area contributed by atoms with Crippen molar-refractivity contribution in [2.24, 2.45) is 5.92 Å². The Labute approximate surface area is 112 Å². The zero-order chi connectivity index (χ0) is 12.4. The summed E-state index contributed by atoms with van der Waals surface area (Å²) in [5.41, 5.74) is 0.508. The van der Waals surface area contributed by atoms with Crippen molar-refractivity contribution in [2.45, 2.75) is 19.8 Å². The molecule has 0 bridgehead atoms. The van der Waals surface area contributed by atoms with E-state index in [9.17, 15) is 4.79 Å². The first-order valence-corrected chi connectivity index (χ1v) is 6.58. The van der Waals surface area contributed by atoms with Crippen LogP contribution in [0.3, 0.4) is 0 Å². The number of amides is 1. The monoisotopic (exact) mass is 271 g/mol. The highest BCUT2D eigenvalue weighted by molar-refractivity contribution is 6.43. The molecule has 1 heterocycles. The lowest BCUT2D eigenvalue weighted by Crippen LogP contribution is -2.38. The zero-order valence-corrected chi connectivity index (χ0v) is 11.3. The Morgan fingerprint density at radius 1 is 1.29 bits per heavy atom. The molecule has 1 aromatic rings. The van der Waals surface area contributed by atoms with E-state index in [1.807, 2.05) is 4.90 Å². The van der Waals surface area contributed by atoms with E-state index >= 15 is 0 Å². The van der Waals surface area contributed by atoms with Crippen LogP contribution in [0.1, 0.15) is 30.1 Å². The molecule has 0 atom stereocenters. The minimum Gasteiger partial charge on any atom is -0.339 e. The van der Waals surface area contributed by atoms with E-state index in [1.54, 1.807) is 18.2 Å². The molecule has 1 saturated heterocycles. The highest BCUT2D eigenvalue weighted by atomic mass is 35.5. The van der Waals surface area contributed by atoms with Crippen LogP contribution in [0.25, 0.3) is 0 Å². The third-order valence-electron chi connectivity index (χ3n) is 3.25. The van der Waals surface area contributed by atoms with Gasteiger partial charge in [-0.15, -0.1) is 0 Å². The summed E-state index contributed by atoms with van der Waals surface area (Å²) in [6, 6.07) is 5.18. The summed E-state index contributed by atoms with van der Waals surface area (Å²) >= 11 is 12.0. The first kappa shape index (κ1) is 12.7. The van der Waals surface area contributed by atoms with E-state index in [0.29, 0.717) is 21.5 Å². The Morgan fingerprint density at radius 3 is 2.59 bits per heavy atom. The van der Waals surface area contributed by atoms with Crippen LogP contribution in [-0.4, -0.2) is 23.9 Å². The lowest BCUT2D eigenvalue weighted by atomic mass is 9.98. The van der Waals surface area contributed by atoms with Gasteiger partial charge in [0.1, 0.15) is 0 Å². The van der Waals surface area contributed by atoms with Gasteiger partial charge < -0.3 is 4.90 Å². The highest BCUT2D eigenvalue weighted by Crippen LogP contribution is 2.27. The molecule has 0 saturated carbocycles. The molecule has 1 aromatic carbocycles. The Balaban J connectivity index is 2.17. The van der Waals surface area contributed by atoms with Crippen LogP contribution in [-0.2, 0) is 0 Å². The van der Waals surface area contributed by atoms with Gasteiger partial charge in [0.2, 0.25) is 0 Å². The van der Waals surface area contributed by atoms with Crippen molar-refractivity contribution >= 4 is 29.1 Å². The number of hydrogen-bond acceptors (Lipinski definition) is 1. The van der Waals surface area contributed by atoms with Gasteiger partial charge in [0.25, 0.3) is 5.91 Å². The predicted octanol–water partition coefficient (Wildman–Crippen LogP) is 3.87. The smallest absolute Gasteiger partial charge is 0.255 e. The highest BCUT2D eigenvalue weighted by Gasteiger charge is 2.23. The van der Waals surface area contributed by atoms with Gasteiger partial charge in [0.15, 0.2) is 0 Å². The van der Waals surface area contributed by atoms with E-state index in [-0.39, 0.29) is 5.91 Å². The maximum Gasteiger partial charge on any atom is 0.255 e. The minimum absolute atomic E-state index is 0.00981. The molecule has 0 N–H and O–H groups in total. The van der Waals surface area contributed by atoms with Gasteiger partial charge >= 0.3 is 0 Å². The van der Waals surface area contributed by atoms with Gasteiger partial charge in [-0.1, -0.05) is 36.2 Å². The molecule has 1 amide bonds. The summed E-state index contributed by atoms with van der Waals surface area (Å²) in [4.78, 5) is 14.1. The number of carbonyl (C=O) groups is 1. The number of halogens is 2. The molecule has 0 radical (unpaired) electrons. The van der Waals surface area contributed by atoms with Crippen molar-refractivity contribution in [3.8, 4) is 0 Å². The molecule has 92 valence electrons. The van der Waals surface area contributed by atoms with Gasteiger partial charge in [-0.2, -0.15) is 0 Å². The molecule has 0 spiro atoms. The second-order valence-corrected chi connectivity index (χ2v) is 5.36. The van der Waals surface area contributed by atoms with Gasteiger partial charge in [0.05, 0.1) is 15.6 Å². The van der Waals surface area contributed by atoms with Crippen LogP contribution in [0.4, 0.5) is 0 Å². The van der Waals surface area contributed by atoms with Crippen LogP contribution < -0.4 is 0 Å². The topological polar surface area (TPSA) is 20.3 Å². The fourth-order valence-electron chi connectivity index (χ4n) is 2.05. The second kappa shape index (κ2) is 5.28. The van der Waals surface area contributed by atoms with Gasteiger partial charge in [-0.3, -0.25) is 4.79 Å². The standard InChI is InChI=1S/C13H15Cl2NO/c1-9-5-7-16(8-6-9)13(17)10-3-2-4-11(14)12(10)15/h2-4,9H,5-8H2,1H3. The van der Waals surface area contributed by atoms with Crippen molar-refractivity contribution < 1.29 is 4.79 Å². The molecule has 1 fully saturated rings. The Morgan fingerprint density at radius 2 is 1.94 bits per heavy atom. The number of nitrogens with zero attached hydrogens (tertiary/aromatic N) is 1. The van der Waals surface area contributed by atoms with Gasteiger partial charge in [-0.25, -0.2) is 0 Å². The Hall–Kier alpha value is -0.730. The molecule has 17 heavy (non-hydrogen) atoms. The maximum absolute atomic E-state index is 12.3. The Kier molecular flexibility index (Phi) is 3.95. The van der Waals surface area contributed by atoms with E-state index < -0.39 is 0 Å². The molecule has 2 nitrogen and oxygen atoms in total. The lowest BCUT2D eigenvalue weighted by Gasteiger charge is -2.30. The number of hydrogen-bond donors (Lipinski definition) is 0. The fraction of sp³-hybridized carbons (Fsp3) is 0.462. The van der Waals surface area contributed by atoms with Gasteiger partial charge in [-0.05, 0) is 30.9 Å². The normalized spacial score (nSPS) is 17.2. The number of carbonyl (C=O) groups excluding carboxylic acids is 1. The quantitative estimate of drug-likeness (QED) is 0.760. The first-order chi connectivity index (χ1) is 8.09. The first-order valence-electron chi connectivity index (χ1n) is 5.83. The third-order valence-corrected chi connectivity index (χ3v) is 4.07. The maximum atomic E-state index is 12.3. The summed E-state index contributed by atoms with van der Waals surface area (Å²) in [6.45, 7) is 3.83. The summed E-state index contributed by atoms with van der Waals surface area (Å²) in [5.74, 6) is 0.693. The van der Waals surface area contributed by atoms with Crippen LogP contribution in [0.5, 0.6) is 0 Å². The zero-order valence-electron chi connectivity index (χ0n) is 9.75. The molecule has 0 aromatic heterocycles. The summed E-state index contributed by atoms with van der Waals surface area (Å²) in [5, 5.41) is 0.792. The molecular formula is C13H15Cl2NO. The summed E-state index contributed by atoms with van der Waals surface area (Å²) in [6.07, 6.45) is 2.12. The van der Waals surface area contributed by atoms with Crippen molar-refractivity contribution in [3.63, 3.8) is 0 Å². The minimum atomic E-state index is -0.00981. The molecule has 0 unspecified atom stereocenters. The largest absolute Gasteiger partial charge is 0.339 e. The van der Waals surface area contributed by atoms with E-state index in [0.717, 1.165) is 25.9 Å². The fourth-order valence-corrected chi connectivity index (χ4v) is 2.43. The number of likely N-dealkylation sites (tertiary alicyclic amines) is 1. The SMILES string of the molecule is CC1CCN(C(=O)c2cccc(Cl)c2Cl)CC1. The predicted molar refractivity (Wildman–Crippen MR) is 70.8 cm³/mol.